The van der Waals surface area contributed by atoms with E-state index in [9.17, 15) is 9.59 Å². The second-order valence-electron chi connectivity index (χ2n) is 6.06. The Morgan fingerprint density at radius 1 is 0.897 bits per heavy atom. The molecular weight excluding hydrogens is 376 g/mol. The van der Waals surface area contributed by atoms with Gasteiger partial charge in [0, 0.05) is 24.9 Å². The summed E-state index contributed by atoms with van der Waals surface area (Å²) in [7, 11) is 4.70. The van der Waals surface area contributed by atoms with Crippen LogP contribution >= 0.6 is 0 Å². The van der Waals surface area contributed by atoms with Crippen molar-refractivity contribution in [2.75, 3.05) is 45.2 Å². The summed E-state index contributed by atoms with van der Waals surface area (Å²) in [5, 5.41) is 5.42. The molecule has 0 unspecified atom stereocenters. The van der Waals surface area contributed by atoms with Crippen molar-refractivity contribution in [3.63, 3.8) is 0 Å². The van der Waals surface area contributed by atoms with E-state index in [1.807, 2.05) is 12.1 Å². The highest BCUT2D eigenvalue weighted by Gasteiger charge is 2.10. The molecule has 0 atom stereocenters. The van der Waals surface area contributed by atoms with Gasteiger partial charge in [0.15, 0.2) is 0 Å². The number of aryl methyl sites for hydroxylation is 1. The molecule has 0 fully saturated rings. The first-order chi connectivity index (χ1) is 14.0. The zero-order valence-electron chi connectivity index (χ0n) is 16.8. The third-order valence-corrected chi connectivity index (χ3v) is 4.02. The number of methoxy groups -OCH3 is 3. The van der Waals surface area contributed by atoms with Crippen LogP contribution in [0.15, 0.2) is 42.5 Å². The quantitative estimate of drug-likeness (QED) is 0.591. The van der Waals surface area contributed by atoms with Crippen LogP contribution in [-0.2, 0) is 20.7 Å². The van der Waals surface area contributed by atoms with E-state index in [0.717, 1.165) is 5.56 Å². The molecule has 8 nitrogen and oxygen atoms in total. The fourth-order valence-corrected chi connectivity index (χ4v) is 2.60. The van der Waals surface area contributed by atoms with Gasteiger partial charge in [0.2, 0.25) is 5.91 Å². The van der Waals surface area contributed by atoms with E-state index in [0.29, 0.717) is 35.9 Å². The number of carbonyl (C=O) groups is 2. The van der Waals surface area contributed by atoms with E-state index < -0.39 is 6.09 Å². The molecule has 2 amide bonds. The summed E-state index contributed by atoms with van der Waals surface area (Å²) in [4.78, 5) is 24.0. The molecule has 0 radical (unpaired) electrons. The molecule has 0 aliphatic heterocycles. The van der Waals surface area contributed by atoms with Gasteiger partial charge >= 0.3 is 6.09 Å². The van der Waals surface area contributed by atoms with Crippen molar-refractivity contribution in [2.45, 2.75) is 12.8 Å². The first kappa shape index (κ1) is 22.0. The van der Waals surface area contributed by atoms with E-state index in [1.165, 1.54) is 7.11 Å². The molecule has 0 heterocycles. The van der Waals surface area contributed by atoms with Crippen molar-refractivity contribution in [2.24, 2.45) is 0 Å². The van der Waals surface area contributed by atoms with Crippen molar-refractivity contribution in [3.05, 3.63) is 48.0 Å². The topological polar surface area (TPSA) is 95.1 Å². The molecule has 2 aromatic rings. The Bertz CT molecular complexity index is 825. The highest BCUT2D eigenvalue weighted by molar-refractivity contribution is 5.92. The van der Waals surface area contributed by atoms with E-state index >= 15 is 0 Å². The van der Waals surface area contributed by atoms with Gasteiger partial charge in [0.05, 0.1) is 20.8 Å². The first-order valence-corrected chi connectivity index (χ1v) is 9.09. The lowest BCUT2D eigenvalue weighted by Gasteiger charge is -2.11. The summed E-state index contributed by atoms with van der Waals surface area (Å²) >= 11 is 0. The summed E-state index contributed by atoms with van der Waals surface area (Å²) in [6.07, 6.45) is 0.173. The number of rotatable bonds is 10. The maximum absolute atomic E-state index is 12.3. The average Bonchev–Trinajstić information content (AvgIpc) is 2.72. The van der Waals surface area contributed by atoms with Crippen LogP contribution in [0.2, 0.25) is 0 Å². The number of hydrogen-bond donors (Lipinski definition) is 2. The highest BCUT2D eigenvalue weighted by Crippen LogP contribution is 2.25. The van der Waals surface area contributed by atoms with Gasteiger partial charge in [-0.15, -0.1) is 0 Å². The summed E-state index contributed by atoms with van der Waals surface area (Å²) < 4.78 is 20.3. The minimum Gasteiger partial charge on any atom is -0.497 e. The predicted octanol–water partition coefficient (Wildman–Crippen LogP) is 3.47. The van der Waals surface area contributed by atoms with Gasteiger partial charge in [-0.1, -0.05) is 6.07 Å². The summed E-state index contributed by atoms with van der Waals surface area (Å²) in [6, 6.07) is 12.3. The largest absolute Gasteiger partial charge is 0.497 e. The average molecular weight is 402 g/mol. The lowest BCUT2D eigenvalue weighted by atomic mass is 10.1. The molecule has 0 saturated carbocycles. The number of hydrogen-bond acceptors (Lipinski definition) is 6. The Hall–Kier alpha value is -3.26. The van der Waals surface area contributed by atoms with Gasteiger partial charge in [-0.25, -0.2) is 4.79 Å². The second kappa shape index (κ2) is 11.6. The van der Waals surface area contributed by atoms with Gasteiger partial charge < -0.3 is 24.3 Å². The second-order valence-corrected chi connectivity index (χ2v) is 6.06. The smallest absolute Gasteiger partial charge is 0.411 e. The van der Waals surface area contributed by atoms with Crippen LogP contribution in [0.3, 0.4) is 0 Å². The molecule has 29 heavy (non-hydrogen) atoms. The van der Waals surface area contributed by atoms with Gasteiger partial charge in [-0.05, 0) is 48.4 Å². The van der Waals surface area contributed by atoms with Crippen molar-refractivity contribution in [1.82, 2.24) is 0 Å². The number of benzene rings is 2. The molecule has 2 rings (SSSR count). The van der Waals surface area contributed by atoms with E-state index in [-0.39, 0.29) is 18.9 Å². The lowest BCUT2D eigenvalue weighted by Crippen LogP contribution is -2.17. The Morgan fingerprint density at radius 3 is 2.34 bits per heavy atom. The van der Waals surface area contributed by atoms with Crippen LogP contribution in [0, 0.1) is 0 Å². The molecule has 0 aromatic heterocycles. The Balaban J connectivity index is 1.90. The van der Waals surface area contributed by atoms with Crippen LogP contribution in [0.1, 0.15) is 12.0 Å². The maximum atomic E-state index is 12.3. The number of carbonyl (C=O) groups excluding carboxylic acids is 2. The maximum Gasteiger partial charge on any atom is 0.411 e. The molecular formula is C21H26N2O6. The fourth-order valence-electron chi connectivity index (χ4n) is 2.60. The summed E-state index contributed by atoms with van der Waals surface area (Å²) in [5.74, 6) is 1.25. The van der Waals surface area contributed by atoms with Gasteiger partial charge in [-0.2, -0.15) is 0 Å². The fraction of sp³-hybridized carbons (Fsp3) is 0.333. The molecule has 0 aliphatic rings. The summed E-state index contributed by atoms with van der Waals surface area (Å²) in [5.41, 5.74) is 1.97. The molecule has 0 aliphatic carbocycles. The SMILES string of the molecule is COCCOC(=O)Nc1cccc(NC(=O)CCc2cc(OC)ccc2OC)c1. The van der Waals surface area contributed by atoms with Crippen molar-refractivity contribution >= 4 is 23.4 Å². The van der Waals surface area contributed by atoms with E-state index in [1.54, 1.807) is 44.6 Å². The molecule has 0 bridgehead atoms. The van der Waals surface area contributed by atoms with E-state index in [4.69, 9.17) is 18.9 Å². The molecule has 0 saturated heterocycles. The first-order valence-electron chi connectivity index (χ1n) is 9.09. The Kier molecular flexibility index (Phi) is 8.78. The Labute approximate surface area is 170 Å². The zero-order valence-corrected chi connectivity index (χ0v) is 16.8. The van der Waals surface area contributed by atoms with Gasteiger partial charge in [0.1, 0.15) is 18.1 Å². The van der Waals surface area contributed by atoms with Crippen LogP contribution in [0.25, 0.3) is 0 Å². The Morgan fingerprint density at radius 2 is 1.66 bits per heavy atom. The third kappa shape index (κ3) is 7.34. The predicted molar refractivity (Wildman–Crippen MR) is 110 cm³/mol. The molecule has 0 spiro atoms. The molecule has 2 aromatic carbocycles. The minimum atomic E-state index is -0.587. The highest BCUT2D eigenvalue weighted by atomic mass is 16.6. The zero-order chi connectivity index (χ0) is 21.1. The number of anilines is 2. The van der Waals surface area contributed by atoms with Gasteiger partial charge in [0.25, 0.3) is 0 Å². The number of nitrogens with one attached hydrogen (secondary N) is 2. The summed E-state index contributed by atoms with van der Waals surface area (Å²) in [6.45, 7) is 0.480. The van der Waals surface area contributed by atoms with Gasteiger partial charge in [-0.3, -0.25) is 10.1 Å². The van der Waals surface area contributed by atoms with Crippen molar-refractivity contribution in [1.29, 1.82) is 0 Å². The van der Waals surface area contributed by atoms with Crippen LogP contribution in [0.4, 0.5) is 16.2 Å². The normalized spacial score (nSPS) is 10.2. The molecule has 8 heteroatoms. The van der Waals surface area contributed by atoms with E-state index in [2.05, 4.69) is 10.6 Å². The number of ether oxygens (including phenoxy) is 4. The van der Waals surface area contributed by atoms with Crippen molar-refractivity contribution < 1.29 is 28.5 Å². The minimum absolute atomic E-state index is 0.158. The third-order valence-electron chi connectivity index (χ3n) is 4.02. The molecule has 156 valence electrons. The lowest BCUT2D eigenvalue weighted by molar-refractivity contribution is -0.116. The van der Waals surface area contributed by atoms with Crippen LogP contribution in [0.5, 0.6) is 11.5 Å². The monoisotopic (exact) mass is 402 g/mol. The molecule has 2 N–H and O–H groups in total. The van der Waals surface area contributed by atoms with Crippen LogP contribution < -0.4 is 20.1 Å². The standard InChI is InChI=1S/C21H26N2O6/c1-26-11-12-29-21(25)23-17-6-4-5-16(14-17)22-20(24)10-7-15-13-18(27-2)8-9-19(15)28-3/h4-6,8-9,13-14H,7,10-12H2,1-3H3,(H,22,24)(H,23,25). The van der Waals surface area contributed by atoms with Crippen LogP contribution in [-0.4, -0.2) is 46.5 Å². The van der Waals surface area contributed by atoms with Crippen molar-refractivity contribution in [3.8, 4) is 11.5 Å². The number of amides is 2.